The average Bonchev–Trinajstić information content (AvgIpc) is 3.25. The zero-order chi connectivity index (χ0) is 20.7. The van der Waals surface area contributed by atoms with Crippen molar-refractivity contribution in [2.75, 3.05) is 0 Å². The van der Waals surface area contributed by atoms with Crippen LogP contribution in [-0.2, 0) is 6.61 Å². The lowest BCUT2D eigenvalue weighted by atomic mass is 10.2. The second kappa shape index (κ2) is 8.02. The molecule has 2 aromatic heterocycles. The summed E-state index contributed by atoms with van der Waals surface area (Å²) in [5.74, 6) is 0.780. The number of aromatic nitrogens is 2. The number of hydrogen-bond acceptors (Lipinski definition) is 4. The Morgan fingerprint density at radius 2 is 1.90 bits per heavy atom. The van der Waals surface area contributed by atoms with Crippen molar-refractivity contribution in [3.8, 4) is 5.75 Å². The van der Waals surface area contributed by atoms with Gasteiger partial charge in [-0.15, -0.1) is 0 Å². The van der Waals surface area contributed by atoms with Crippen LogP contribution in [0.4, 0.5) is 0 Å². The lowest BCUT2D eigenvalue weighted by molar-refractivity contribution is 0.304. The van der Waals surface area contributed by atoms with E-state index in [1.807, 2.05) is 72.8 Å². The van der Waals surface area contributed by atoms with E-state index in [-0.39, 0.29) is 5.56 Å². The predicted molar refractivity (Wildman–Crippen MR) is 131 cm³/mol. The molecule has 0 bridgehead atoms. The van der Waals surface area contributed by atoms with Gasteiger partial charge in [0.25, 0.3) is 5.56 Å². The molecule has 0 aliphatic rings. The van der Waals surface area contributed by atoms with Crippen molar-refractivity contribution in [3.63, 3.8) is 0 Å². The summed E-state index contributed by atoms with van der Waals surface area (Å²) in [5.41, 5.74) is 3.51. The van der Waals surface area contributed by atoms with Gasteiger partial charge in [-0.2, -0.15) is 0 Å². The summed E-state index contributed by atoms with van der Waals surface area (Å²) in [6.45, 7) is 0.401. The first-order valence-corrected chi connectivity index (χ1v) is 11.4. The highest BCUT2D eigenvalue weighted by atomic mass is 127. The number of fused-ring (bicyclic) bond motifs is 3. The van der Waals surface area contributed by atoms with Crippen molar-refractivity contribution in [2.45, 2.75) is 6.61 Å². The molecule has 0 N–H and O–H groups in total. The number of benzene rings is 3. The fourth-order valence-corrected chi connectivity index (χ4v) is 5.13. The summed E-state index contributed by atoms with van der Waals surface area (Å²) in [6, 6.07) is 21.2. The molecule has 0 aliphatic heterocycles. The monoisotopic (exact) mass is 544 g/mol. The molecular formula is C23H14ClIN2O2S. The maximum absolute atomic E-state index is 12.9. The molecule has 0 aliphatic carbocycles. The number of imidazole rings is 1. The fourth-order valence-electron chi connectivity index (χ4n) is 3.26. The highest BCUT2D eigenvalue weighted by molar-refractivity contribution is 14.1. The third-order valence-electron chi connectivity index (χ3n) is 4.74. The van der Waals surface area contributed by atoms with E-state index in [4.69, 9.17) is 16.3 Å². The van der Waals surface area contributed by atoms with E-state index >= 15 is 0 Å². The van der Waals surface area contributed by atoms with E-state index in [1.165, 1.54) is 11.3 Å². The smallest absolute Gasteiger partial charge is 0.274 e. The first-order chi connectivity index (χ1) is 14.6. The molecule has 4 nitrogen and oxygen atoms in total. The Kier molecular flexibility index (Phi) is 5.22. The van der Waals surface area contributed by atoms with E-state index in [2.05, 4.69) is 27.6 Å². The van der Waals surface area contributed by atoms with Gasteiger partial charge in [0, 0.05) is 10.6 Å². The molecular weight excluding hydrogens is 531 g/mol. The van der Waals surface area contributed by atoms with Crippen LogP contribution >= 0.6 is 45.5 Å². The second-order valence-corrected chi connectivity index (χ2v) is 9.28. The van der Waals surface area contributed by atoms with Gasteiger partial charge in [-0.1, -0.05) is 59.3 Å². The Labute approximate surface area is 194 Å². The Bertz CT molecular complexity index is 1510. The normalized spacial score (nSPS) is 12.1. The van der Waals surface area contributed by atoms with Crippen LogP contribution in [0.2, 0.25) is 5.02 Å². The van der Waals surface area contributed by atoms with Gasteiger partial charge in [0.2, 0.25) is 0 Å². The van der Waals surface area contributed by atoms with Gasteiger partial charge in [-0.05, 0) is 64.6 Å². The summed E-state index contributed by atoms with van der Waals surface area (Å²) in [7, 11) is 0. The molecule has 0 saturated carbocycles. The first-order valence-electron chi connectivity index (χ1n) is 9.17. The first kappa shape index (κ1) is 19.5. The molecule has 0 saturated heterocycles. The zero-order valence-corrected chi connectivity index (χ0v) is 19.2. The molecule has 2 heterocycles. The third-order valence-corrected chi connectivity index (χ3v) is 6.92. The van der Waals surface area contributed by atoms with E-state index in [9.17, 15) is 4.79 Å². The molecule has 3 aromatic carbocycles. The van der Waals surface area contributed by atoms with Gasteiger partial charge >= 0.3 is 0 Å². The van der Waals surface area contributed by atoms with Crippen LogP contribution in [0.25, 0.3) is 22.1 Å². The van der Waals surface area contributed by atoms with E-state index < -0.39 is 0 Å². The Hall–Kier alpha value is -2.42. The molecule has 5 aromatic rings. The highest BCUT2D eigenvalue weighted by Gasteiger charge is 2.11. The van der Waals surface area contributed by atoms with Crippen LogP contribution < -0.4 is 14.8 Å². The minimum absolute atomic E-state index is 0.0437. The van der Waals surface area contributed by atoms with Crippen molar-refractivity contribution >= 4 is 67.6 Å². The quantitative estimate of drug-likeness (QED) is 0.289. The Morgan fingerprint density at radius 1 is 1.10 bits per heavy atom. The summed E-state index contributed by atoms with van der Waals surface area (Å²) in [4.78, 5) is 18.2. The summed E-state index contributed by atoms with van der Waals surface area (Å²) in [6.07, 6.45) is 1.90. The molecule has 0 radical (unpaired) electrons. The fraction of sp³-hybridized carbons (Fsp3) is 0.0435. The zero-order valence-electron chi connectivity index (χ0n) is 15.5. The summed E-state index contributed by atoms with van der Waals surface area (Å²) < 4.78 is 9.24. The standard InChI is InChI=1S/C23H14ClIN2O2S/c24-16-6-2-1-5-15(16)13-29-20-10-9-14(11-17(20)25)12-21-22(28)27-19-8-4-3-7-18(19)26-23(27)30-21/h1-12H,13H2. The Balaban J connectivity index is 1.46. The number of rotatable bonds is 4. The van der Waals surface area contributed by atoms with Crippen LogP contribution in [0.5, 0.6) is 5.75 Å². The van der Waals surface area contributed by atoms with Gasteiger partial charge in [-0.25, -0.2) is 9.38 Å². The topological polar surface area (TPSA) is 43.6 Å². The molecule has 0 atom stereocenters. The van der Waals surface area contributed by atoms with Gasteiger partial charge in [0.05, 0.1) is 19.1 Å². The summed E-state index contributed by atoms with van der Waals surface area (Å²) >= 11 is 9.84. The molecule has 0 amide bonds. The summed E-state index contributed by atoms with van der Waals surface area (Å²) in [5, 5.41) is 0.690. The molecule has 5 rings (SSSR count). The number of hydrogen-bond donors (Lipinski definition) is 0. The number of para-hydroxylation sites is 2. The molecule has 30 heavy (non-hydrogen) atoms. The van der Waals surface area contributed by atoms with Gasteiger partial charge in [0.1, 0.15) is 12.4 Å². The van der Waals surface area contributed by atoms with Gasteiger partial charge < -0.3 is 4.74 Å². The number of ether oxygens (including phenoxy) is 1. The van der Waals surface area contributed by atoms with Crippen LogP contribution in [0.15, 0.2) is 71.5 Å². The van der Waals surface area contributed by atoms with Crippen molar-refractivity contribution in [1.82, 2.24) is 9.38 Å². The second-order valence-electron chi connectivity index (χ2n) is 6.70. The molecule has 7 heteroatoms. The molecule has 0 unspecified atom stereocenters. The minimum Gasteiger partial charge on any atom is -0.488 e. The van der Waals surface area contributed by atoms with Gasteiger partial charge in [0.15, 0.2) is 4.96 Å². The highest BCUT2D eigenvalue weighted by Crippen LogP contribution is 2.25. The average molecular weight is 545 g/mol. The van der Waals surface area contributed by atoms with Crippen molar-refractivity contribution in [1.29, 1.82) is 0 Å². The molecule has 0 fully saturated rings. The van der Waals surface area contributed by atoms with E-state index in [0.29, 0.717) is 21.1 Å². The lowest BCUT2D eigenvalue weighted by Gasteiger charge is -2.10. The van der Waals surface area contributed by atoms with Crippen LogP contribution in [0, 0.1) is 3.57 Å². The lowest BCUT2D eigenvalue weighted by Crippen LogP contribution is -2.22. The maximum atomic E-state index is 12.9. The van der Waals surface area contributed by atoms with Gasteiger partial charge in [-0.3, -0.25) is 4.79 Å². The van der Waals surface area contributed by atoms with Crippen molar-refractivity contribution < 1.29 is 4.74 Å². The third kappa shape index (κ3) is 3.59. The number of thiazole rings is 1. The molecule has 148 valence electrons. The molecule has 0 spiro atoms. The number of halogens is 2. The van der Waals surface area contributed by atoms with Crippen LogP contribution in [0.3, 0.4) is 0 Å². The number of nitrogens with zero attached hydrogens (tertiary/aromatic N) is 2. The van der Waals surface area contributed by atoms with Crippen LogP contribution in [0.1, 0.15) is 11.1 Å². The predicted octanol–water partition coefficient (Wildman–Crippen LogP) is 5.29. The van der Waals surface area contributed by atoms with E-state index in [0.717, 1.165) is 31.5 Å². The largest absolute Gasteiger partial charge is 0.488 e. The van der Waals surface area contributed by atoms with Crippen molar-refractivity contribution in [2.24, 2.45) is 0 Å². The van der Waals surface area contributed by atoms with Crippen LogP contribution in [-0.4, -0.2) is 9.38 Å². The SMILES string of the molecule is O=c1c(=Cc2ccc(OCc3ccccc3Cl)c(I)c2)sc2nc3ccccc3n12. The maximum Gasteiger partial charge on any atom is 0.274 e. The van der Waals surface area contributed by atoms with E-state index in [1.54, 1.807) is 4.40 Å². The minimum atomic E-state index is -0.0437. The van der Waals surface area contributed by atoms with Crippen molar-refractivity contribution in [3.05, 3.63) is 101 Å². The Morgan fingerprint density at radius 3 is 2.73 bits per heavy atom.